The van der Waals surface area contributed by atoms with Crippen molar-refractivity contribution in [3.8, 4) is 0 Å². The summed E-state index contributed by atoms with van der Waals surface area (Å²) in [6.45, 7) is 0.257. The molecule has 0 aromatic heterocycles. The molecule has 0 radical (unpaired) electrons. The Labute approximate surface area is 166 Å². The summed E-state index contributed by atoms with van der Waals surface area (Å²) < 4.78 is 54.3. The number of sulfonamides is 2. The Morgan fingerprint density at radius 2 is 1.39 bits per heavy atom. The van der Waals surface area contributed by atoms with Gasteiger partial charge in [-0.15, -0.1) is 0 Å². The van der Waals surface area contributed by atoms with E-state index >= 15 is 0 Å². The fourth-order valence-electron chi connectivity index (χ4n) is 2.66. The summed E-state index contributed by atoms with van der Waals surface area (Å²) >= 11 is 0. The van der Waals surface area contributed by atoms with E-state index in [0.29, 0.717) is 6.42 Å². The maximum absolute atomic E-state index is 12.4. The van der Waals surface area contributed by atoms with E-state index in [2.05, 4.69) is 9.44 Å². The predicted molar refractivity (Wildman–Crippen MR) is 109 cm³/mol. The molecule has 2 aromatic carbocycles. The van der Waals surface area contributed by atoms with Gasteiger partial charge in [-0.3, -0.25) is 0 Å². The molecular weight excluding hydrogens is 398 g/mol. The average molecular weight is 424 g/mol. The van der Waals surface area contributed by atoms with Crippen LogP contribution in [0.4, 0.5) is 5.69 Å². The first-order chi connectivity index (χ1) is 13.2. The number of benzene rings is 2. The SMILES string of the molecule is CN(C)c1ccc(CCNS(=O)(=O)c2ccc(S(=O)(=O)NC3CC3)cc2)cc1. The molecule has 2 aromatic rings. The van der Waals surface area contributed by atoms with Crippen molar-refractivity contribution in [3.05, 3.63) is 54.1 Å². The number of anilines is 1. The minimum absolute atomic E-state index is 0.00173. The van der Waals surface area contributed by atoms with Crippen molar-refractivity contribution in [1.29, 1.82) is 0 Å². The molecule has 2 N–H and O–H groups in total. The van der Waals surface area contributed by atoms with E-state index in [9.17, 15) is 16.8 Å². The van der Waals surface area contributed by atoms with E-state index in [1.54, 1.807) is 0 Å². The molecule has 0 unspecified atom stereocenters. The molecule has 0 atom stereocenters. The van der Waals surface area contributed by atoms with Gasteiger partial charge in [0.25, 0.3) is 0 Å². The van der Waals surface area contributed by atoms with Crippen molar-refractivity contribution in [2.75, 3.05) is 25.5 Å². The van der Waals surface area contributed by atoms with Crippen LogP contribution in [0.15, 0.2) is 58.3 Å². The second kappa shape index (κ2) is 8.20. The van der Waals surface area contributed by atoms with E-state index < -0.39 is 20.0 Å². The molecule has 28 heavy (non-hydrogen) atoms. The Morgan fingerprint density at radius 1 is 0.857 bits per heavy atom. The first-order valence-corrected chi connectivity index (χ1v) is 12.0. The molecular formula is C19H25N3O4S2. The van der Waals surface area contributed by atoms with E-state index in [1.165, 1.54) is 24.3 Å². The fraction of sp³-hybridized carbons (Fsp3) is 0.368. The van der Waals surface area contributed by atoms with Crippen molar-refractivity contribution in [2.24, 2.45) is 0 Å². The summed E-state index contributed by atoms with van der Waals surface area (Å²) in [4.78, 5) is 2.11. The molecule has 7 nitrogen and oxygen atoms in total. The van der Waals surface area contributed by atoms with Gasteiger partial charge in [-0.1, -0.05) is 12.1 Å². The van der Waals surface area contributed by atoms with E-state index in [-0.39, 0.29) is 22.4 Å². The van der Waals surface area contributed by atoms with Crippen molar-refractivity contribution >= 4 is 25.7 Å². The fourth-order valence-corrected chi connectivity index (χ4v) is 5.00. The van der Waals surface area contributed by atoms with Crippen molar-refractivity contribution in [3.63, 3.8) is 0 Å². The lowest BCUT2D eigenvalue weighted by Gasteiger charge is -2.13. The molecule has 152 valence electrons. The first-order valence-electron chi connectivity index (χ1n) is 9.06. The molecule has 3 rings (SSSR count). The highest BCUT2D eigenvalue weighted by molar-refractivity contribution is 7.90. The third kappa shape index (κ3) is 5.32. The topological polar surface area (TPSA) is 95.6 Å². The Balaban J connectivity index is 1.59. The van der Waals surface area contributed by atoms with Crippen LogP contribution in [0.25, 0.3) is 0 Å². The van der Waals surface area contributed by atoms with Crippen LogP contribution in [0.1, 0.15) is 18.4 Å². The maximum atomic E-state index is 12.4. The predicted octanol–water partition coefficient (Wildman–Crippen LogP) is 1.71. The molecule has 1 aliphatic carbocycles. The average Bonchev–Trinajstić information content (AvgIpc) is 3.45. The monoisotopic (exact) mass is 423 g/mol. The molecule has 0 saturated heterocycles. The van der Waals surface area contributed by atoms with Crippen molar-refractivity contribution < 1.29 is 16.8 Å². The number of nitrogens with zero attached hydrogens (tertiary/aromatic N) is 1. The maximum Gasteiger partial charge on any atom is 0.240 e. The van der Waals surface area contributed by atoms with Gasteiger partial charge in [-0.25, -0.2) is 26.3 Å². The van der Waals surface area contributed by atoms with Gasteiger partial charge in [0.2, 0.25) is 20.0 Å². The summed E-state index contributed by atoms with van der Waals surface area (Å²) in [6.07, 6.45) is 2.24. The van der Waals surface area contributed by atoms with Gasteiger partial charge >= 0.3 is 0 Å². The second-order valence-electron chi connectivity index (χ2n) is 7.08. The van der Waals surface area contributed by atoms with Gasteiger partial charge < -0.3 is 4.90 Å². The minimum atomic E-state index is -3.70. The molecule has 0 spiro atoms. The van der Waals surface area contributed by atoms with E-state index in [0.717, 1.165) is 24.1 Å². The third-order valence-electron chi connectivity index (χ3n) is 4.50. The van der Waals surface area contributed by atoms with Crippen LogP contribution in [0, 0.1) is 0 Å². The summed E-state index contributed by atoms with van der Waals surface area (Å²) in [5, 5.41) is 0. The summed E-state index contributed by atoms with van der Waals surface area (Å²) in [6, 6.07) is 13.2. The van der Waals surface area contributed by atoms with Crippen LogP contribution in [0.5, 0.6) is 0 Å². The lowest BCUT2D eigenvalue weighted by atomic mass is 10.1. The van der Waals surface area contributed by atoms with Gasteiger partial charge in [0.15, 0.2) is 0 Å². The van der Waals surface area contributed by atoms with E-state index in [1.807, 2.05) is 43.3 Å². The lowest BCUT2D eigenvalue weighted by Crippen LogP contribution is -2.27. The Hall–Kier alpha value is -1.94. The van der Waals surface area contributed by atoms with Crippen LogP contribution in [0.3, 0.4) is 0 Å². The normalized spacial score (nSPS) is 14.8. The Kier molecular flexibility index (Phi) is 6.09. The highest BCUT2D eigenvalue weighted by Crippen LogP contribution is 2.22. The largest absolute Gasteiger partial charge is 0.378 e. The molecule has 9 heteroatoms. The quantitative estimate of drug-likeness (QED) is 0.640. The molecule has 1 aliphatic rings. The minimum Gasteiger partial charge on any atom is -0.378 e. The zero-order chi connectivity index (χ0) is 20.4. The number of nitrogens with one attached hydrogen (secondary N) is 2. The molecule has 0 amide bonds. The standard InChI is InChI=1S/C19H25N3O4S2/c1-22(2)17-7-3-15(4-8-17)13-14-20-27(23,24)18-9-11-19(12-10-18)28(25,26)21-16-5-6-16/h3-4,7-12,16,20-21H,5-6,13-14H2,1-2H3. The summed E-state index contributed by atoms with van der Waals surface area (Å²) in [7, 11) is -3.37. The van der Waals surface area contributed by atoms with E-state index in [4.69, 9.17) is 0 Å². The smallest absolute Gasteiger partial charge is 0.240 e. The van der Waals surface area contributed by atoms with Crippen LogP contribution >= 0.6 is 0 Å². The zero-order valence-electron chi connectivity index (χ0n) is 15.9. The molecule has 1 saturated carbocycles. The van der Waals surface area contributed by atoms with Gasteiger partial charge in [0, 0.05) is 32.4 Å². The van der Waals surface area contributed by atoms with Gasteiger partial charge in [-0.2, -0.15) is 0 Å². The first kappa shape index (κ1) is 20.8. The highest BCUT2D eigenvalue weighted by atomic mass is 32.2. The molecule has 0 bridgehead atoms. The highest BCUT2D eigenvalue weighted by Gasteiger charge is 2.28. The number of hydrogen-bond donors (Lipinski definition) is 2. The van der Waals surface area contributed by atoms with Crippen LogP contribution in [-0.2, 0) is 26.5 Å². The van der Waals surface area contributed by atoms with Gasteiger partial charge in [0.05, 0.1) is 9.79 Å². The number of hydrogen-bond acceptors (Lipinski definition) is 5. The van der Waals surface area contributed by atoms with Crippen LogP contribution in [-0.4, -0.2) is 43.5 Å². The van der Waals surface area contributed by atoms with Gasteiger partial charge in [-0.05, 0) is 61.2 Å². The second-order valence-corrected chi connectivity index (χ2v) is 10.6. The third-order valence-corrected chi connectivity index (χ3v) is 7.52. The Bertz CT molecular complexity index is 1010. The molecule has 0 aliphatic heterocycles. The molecule has 1 fully saturated rings. The molecule has 0 heterocycles. The van der Waals surface area contributed by atoms with Crippen molar-refractivity contribution in [2.45, 2.75) is 35.1 Å². The van der Waals surface area contributed by atoms with Gasteiger partial charge in [0.1, 0.15) is 0 Å². The Morgan fingerprint density at radius 3 is 1.89 bits per heavy atom. The number of rotatable bonds is 9. The lowest BCUT2D eigenvalue weighted by molar-refractivity contribution is 0.577. The zero-order valence-corrected chi connectivity index (χ0v) is 17.6. The summed E-state index contributed by atoms with van der Waals surface area (Å²) in [5.74, 6) is 0. The van der Waals surface area contributed by atoms with Crippen molar-refractivity contribution in [1.82, 2.24) is 9.44 Å². The summed E-state index contributed by atoms with van der Waals surface area (Å²) in [5.41, 5.74) is 2.11. The van der Waals surface area contributed by atoms with Crippen LogP contribution in [0.2, 0.25) is 0 Å². The van der Waals surface area contributed by atoms with Crippen LogP contribution < -0.4 is 14.3 Å².